The fourth-order valence-electron chi connectivity index (χ4n) is 2.58. The molecule has 3 heteroatoms. The number of hydrogen-bond donors (Lipinski definition) is 0. The van der Waals surface area contributed by atoms with Crippen molar-refractivity contribution < 1.29 is 0 Å². The number of pyridine rings is 1. The van der Waals surface area contributed by atoms with E-state index in [2.05, 4.69) is 45.6 Å². The standard InChI is InChI=1S/C15H11N3/c1-10-12-6-2-3-7-13(12)18-14(10)17-9-11-5-4-8-16-15(11)18/h2-9H,1H3. The molecule has 18 heavy (non-hydrogen) atoms. The molecule has 0 unspecified atom stereocenters. The molecule has 4 aromatic rings. The van der Waals surface area contributed by atoms with E-state index in [1.807, 2.05) is 24.5 Å². The number of fused-ring (bicyclic) bond motifs is 5. The predicted octanol–water partition coefficient (Wildman–Crippen LogP) is 3.34. The molecule has 3 aromatic heterocycles. The Balaban J connectivity index is 2.41. The highest BCUT2D eigenvalue weighted by atomic mass is 15.0. The summed E-state index contributed by atoms with van der Waals surface area (Å²) >= 11 is 0. The maximum atomic E-state index is 4.57. The molecule has 0 spiro atoms. The van der Waals surface area contributed by atoms with Gasteiger partial charge in [0.15, 0.2) is 0 Å². The van der Waals surface area contributed by atoms with Crippen LogP contribution >= 0.6 is 0 Å². The van der Waals surface area contributed by atoms with E-state index in [0.717, 1.165) is 16.7 Å². The zero-order valence-corrected chi connectivity index (χ0v) is 9.96. The summed E-state index contributed by atoms with van der Waals surface area (Å²) in [7, 11) is 0. The molecular weight excluding hydrogens is 222 g/mol. The summed E-state index contributed by atoms with van der Waals surface area (Å²) in [5.41, 5.74) is 4.33. The quantitative estimate of drug-likeness (QED) is 0.466. The van der Waals surface area contributed by atoms with E-state index in [4.69, 9.17) is 0 Å². The Bertz CT molecular complexity index is 890. The molecular formula is C15H11N3. The molecule has 0 N–H and O–H groups in total. The largest absolute Gasteiger partial charge is 0.278 e. The molecule has 0 aliphatic carbocycles. The van der Waals surface area contributed by atoms with Crippen LogP contribution in [0.15, 0.2) is 48.8 Å². The first-order chi connectivity index (χ1) is 8.86. The summed E-state index contributed by atoms with van der Waals surface area (Å²) in [6.07, 6.45) is 3.72. The Morgan fingerprint density at radius 1 is 0.944 bits per heavy atom. The second-order valence-corrected chi connectivity index (χ2v) is 4.48. The van der Waals surface area contributed by atoms with Crippen molar-refractivity contribution in [3.05, 3.63) is 54.4 Å². The van der Waals surface area contributed by atoms with Gasteiger partial charge in [-0.3, -0.25) is 4.40 Å². The van der Waals surface area contributed by atoms with Crippen LogP contribution in [0.4, 0.5) is 0 Å². The van der Waals surface area contributed by atoms with Gasteiger partial charge in [-0.2, -0.15) is 0 Å². The van der Waals surface area contributed by atoms with Gasteiger partial charge < -0.3 is 0 Å². The van der Waals surface area contributed by atoms with Crippen molar-refractivity contribution in [1.29, 1.82) is 0 Å². The number of aromatic nitrogens is 3. The van der Waals surface area contributed by atoms with Gasteiger partial charge >= 0.3 is 0 Å². The minimum absolute atomic E-state index is 0.965. The van der Waals surface area contributed by atoms with Crippen molar-refractivity contribution in [3.8, 4) is 0 Å². The molecule has 3 heterocycles. The highest BCUT2D eigenvalue weighted by Crippen LogP contribution is 2.27. The van der Waals surface area contributed by atoms with Crippen LogP contribution in [0.25, 0.3) is 27.6 Å². The molecule has 3 nitrogen and oxygen atoms in total. The maximum absolute atomic E-state index is 4.57. The molecule has 0 bridgehead atoms. The average Bonchev–Trinajstić information content (AvgIpc) is 2.73. The van der Waals surface area contributed by atoms with Gasteiger partial charge in [0.25, 0.3) is 0 Å². The van der Waals surface area contributed by atoms with Crippen LogP contribution in [0.1, 0.15) is 5.56 Å². The van der Waals surface area contributed by atoms with E-state index < -0.39 is 0 Å². The Morgan fingerprint density at radius 3 is 2.78 bits per heavy atom. The van der Waals surface area contributed by atoms with Crippen molar-refractivity contribution in [2.24, 2.45) is 0 Å². The second kappa shape index (κ2) is 3.29. The molecule has 0 aliphatic heterocycles. The molecule has 0 fully saturated rings. The number of para-hydroxylation sites is 1. The molecule has 86 valence electrons. The molecule has 0 amide bonds. The first-order valence-corrected chi connectivity index (χ1v) is 5.96. The van der Waals surface area contributed by atoms with Crippen molar-refractivity contribution in [2.75, 3.05) is 0 Å². The lowest BCUT2D eigenvalue weighted by Crippen LogP contribution is -1.93. The van der Waals surface area contributed by atoms with Crippen LogP contribution in [-0.2, 0) is 0 Å². The lowest BCUT2D eigenvalue weighted by molar-refractivity contribution is 1.17. The fourth-order valence-corrected chi connectivity index (χ4v) is 2.58. The highest BCUT2D eigenvalue weighted by Gasteiger charge is 2.11. The normalized spacial score (nSPS) is 11.6. The van der Waals surface area contributed by atoms with Gasteiger partial charge in [0, 0.05) is 28.7 Å². The summed E-state index contributed by atoms with van der Waals surface area (Å²) in [5.74, 6) is 0. The Morgan fingerprint density at radius 2 is 1.83 bits per heavy atom. The van der Waals surface area contributed by atoms with Crippen LogP contribution in [-0.4, -0.2) is 14.4 Å². The minimum atomic E-state index is 0.965. The predicted molar refractivity (Wildman–Crippen MR) is 72.7 cm³/mol. The topological polar surface area (TPSA) is 30.2 Å². The Kier molecular flexibility index (Phi) is 1.75. The third kappa shape index (κ3) is 1.08. The van der Waals surface area contributed by atoms with Gasteiger partial charge in [0.05, 0.1) is 5.52 Å². The van der Waals surface area contributed by atoms with E-state index in [0.29, 0.717) is 0 Å². The monoisotopic (exact) mass is 233 g/mol. The first kappa shape index (κ1) is 9.59. The summed E-state index contributed by atoms with van der Waals surface area (Å²) in [5, 5.41) is 2.30. The number of rotatable bonds is 0. The van der Waals surface area contributed by atoms with Gasteiger partial charge in [-0.25, -0.2) is 9.97 Å². The lowest BCUT2D eigenvalue weighted by Gasteiger charge is -2.02. The van der Waals surface area contributed by atoms with E-state index in [-0.39, 0.29) is 0 Å². The fraction of sp³-hybridized carbons (Fsp3) is 0.0667. The van der Waals surface area contributed by atoms with E-state index >= 15 is 0 Å². The third-order valence-corrected chi connectivity index (χ3v) is 3.45. The van der Waals surface area contributed by atoms with E-state index in [1.165, 1.54) is 16.5 Å². The Labute approximate surface area is 104 Å². The molecule has 0 saturated heterocycles. The van der Waals surface area contributed by atoms with Crippen LogP contribution in [0.2, 0.25) is 0 Å². The number of hydrogen-bond acceptors (Lipinski definition) is 2. The summed E-state index contributed by atoms with van der Waals surface area (Å²) in [6.45, 7) is 2.11. The van der Waals surface area contributed by atoms with Crippen LogP contribution in [0, 0.1) is 6.92 Å². The number of aryl methyl sites for hydroxylation is 1. The Hall–Kier alpha value is -2.42. The second-order valence-electron chi connectivity index (χ2n) is 4.48. The van der Waals surface area contributed by atoms with Crippen molar-refractivity contribution in [1.82, 2.24) is 14.4 Å². The molecule has 0 aliphatic rings. The zero-order valence-electron chi connectivity index (χ0n) is 9.96. The summed E-state index contributed by atoms with van der Waals surface area (Å²) < 4.78 is 2.14. The lowest BCUT2D eigenvalue weighted by atomic mass is 10.2. The van der Waals surface area contributed by atoms with E-state index in [9.17, 15) is 0 Å². The SMILES string of the molecule is Cc1c2ccccc2n2c1ncc1cccnc12. The third-order valence-electron chi connectivity index (χ3n) is 3.45. The van der Waals surface area contributed by atoms with Gasteiger partial charge in [0.2, 0.25) is 0 Å². The van der Waals surface area contributed by atoms with Gasteiger partial charge in [-0.05, 0) is 25.1 Å². The number of benzene rings is 1. The van der Waals surface area contributed by atoms with Crippen LogP contribution in [0.3, 0.4) is 0 Å². The van der Waals surface area contributed by atoms with Crippen LogP contribution < -0.4 is 0 Å². The van der Waals surface area contributed by atoms with Crippen molar-refractivity contribution in [3.63, 3.8) is 0 Å². The van der Waals surface area contributed by atoms with Gasteiger partial charge in [0.1, 0.15) is 11.3 Å². The summed E-state index contributed by atoms with van der Waals surface area (Å²) in [4.78, 5) is 9.06. The van der Waals surface area contributed by atoms with Crippen LogP contribution in [0.5, 0.6) is 0 Å². The van der Waals surface area contributed by atoms with E-state index in [1.54, 1.807) is 0 Å². The van der Waals surface area contributed by atoms with Crippen molar-refractivity contribution in [2.45, 2.75) is 6.92 Å². The maximum Gasteiger partial charge on any atom is 0.147 e. The van der Waals surface area contributed by atoms with Crippen molar-refractivity contribution >= 4 is 27.6 Å². The molecule has 0 radical (unpaired) electrons. The van der Waals surface area contributed by atoms with Gasteiger partial charge in [-0.1, -0.05) is 18.2 Å². The van der Waals surface area contributed by atoms with Gasteiger partial charge in [-0.15, -0.1) is 0 Å². The zero-order chi connectivity index (χ0) is 12.1. The molecule has 0 saturated carbocycles. The summed E-state index contributed by atoms with van der Waals surface area (Å²) in [6, 6.07) is 12.3. The highest BCUT2D eigenvalue weighted by molar-refractivity contribution is 5.94. The first-order valence-electron chi connectivity index (χ1n) is 5.96. The smallest absolute Gasteiger partial charge is 0.147 e. The molecule has 1 aromatic carbocycles. The molecule has 4 rings (SSSR count). The minimum Gasteiger partial charge on any atom is -0.278 e. The number of nitrogens with zero attached hydrogens (tertiary/aromatic N) is 3. The average molecular weight is 233 g/mol. The molecule has 0 atom stereocenters.